The molecule has 2 saturated carbocycles. The molecule has 24 heavy (non-hydrogen) atoms. The van der Waals surface area contributed by atoms with E-state index < -0.39 is 11.1 Å². The zero-order valence-corrected chi connectivity index (χ0v) is 16.4. The van der Waals surface area contributed by atoms with Crippen molar-refractivity contribution in [3.63, 3.8) is 0 Å². The van der Waals surface area contributed by atoms with Crippen molar-refractivity contribution in [1.82, 2.24) is 5.32 Å². The number of amides is 1. The summed E-state index contributed by atoms with van der Waals surface area (Å²) in [5.74, 6) is 0.550. The van der Waals surface area contributed by atoms with Crippen molar-refractivity contribution in [3.05, 3.63) is 0 Å². The van der Waals surface area contributed by atoms with E-state index in [0.29, 0.717) is 5.92 Å². The molecule has 0 aromatic rings. The third-order valence-corrected chi connectivity index (χ3v) is 7.74. The maximum atomic E-state index is 12.8. The first-order chi connectivity index (χ1) is 11.2. The fourth-order valence-corrected chi connectivity index (χ4v) is 6.33. The molecule has 0 spiro atoms. The van der Waals surface area contributed by atoms with Crippen LogP contribution in [0, 0.1) is 22.7 Å². The number of carbonyl (C=O) groups is 1. The highest BCUT2D eigenvalue weighted by atomic mass is 32.2. The second-order valence-corrected chi connectivity index (χ2v) is 9.16. The van der Waals surface area contributed by atoms with Gasteiger partial charge in [-0.25, -0.2) is 4.21 Å². The average molecular weight is 360 g/mol. The van der Waals surface area contributed by atoms with Gasteiger partial charge in [0.05, 0.1) is 17.8 Å². The molecule has 0 aliphatic heterocycles. The summed E-state index contributed by atoms with van der Waals surface area (Å²) in [5, 5.41) is 3.22. The molecule has 5 nitrogen and oxygen atoms in total. The van der Waals surface area contributed by atoms with Crippen LogP contribution in [0.25, 0.3) is 0 Å². The van der Waals surface area contributed by atoms with Crippen molar-refractivity contribution in [1.29, 1.82) is 0 Å². The van der Waals surface area contributed by atoms with E-state index in [1.54, 1.807) is 7.11 Å². The SMILES string of the molecule is CCCC(OC)C(C)C(=O)NC1CC2CCC1(CS(=O)O)C2(C)C. The van der Waals surface area contributed by atoms with E-state index in [0.717, 1.165) is 32.1 Å². The van der Waals surface area contributed by atoms with Gasteiger partial charge in [-0.3, -0.25) is 4.79 Å². The molecule has 2 bridgehead atoms. The quantitative estimate of drug-likeness (QED) is 0.653. The Labute approximate surface area is 148 Å². The Morgan fingerprint density at radius 1 is 1.46 bits per heavy atom. The molecule has 0 heterocycles. The Hall–Kier alpha value is -0.460. The van der Waals surface area contributed by atoms with Gasteiger partial charge in [0.15, 0.2) is 11.1 Å². The maximum Gasteiger partial charge on any atom is 0.225 e. The molecule has 6 atom stereocenters. The van der Waals surface area contributed by atoms with Crippen LogP contribution in [0.1, 0.15) is 59.8 Å². The van der Waals surface area contributed by atoms with Crippen molar-refractivity contribution in [2.45, 2.75) is 71.9 Å². The van der Waals surface area contributed by atoms with Gasteiger partial charge in [0.25, 0.3) is 0 Å². The standard InChI is InChI=1S/C18H33NO4S/c1-6-7-14(23-5)12(2)16(20)19-15-10-13-8-9-18(15,11-24(21)22)17(13,3)4/h12-15H,6-11H2,1-5H3,(H,19,20)(H,21,22). The number of carbonyl (C=O) groups excluding carboxylic acids is 1. The van der Waals surface area contributed by atoms with Gasteiger partial charge in [-0.1, -0.05) is 34.1 Å². The van der Waals surface area contributed by atoms with Crippen LogP contribution < -0.4 is 5.32 Å². The van der Waals surface area contributed by atoms with Gasteiger partial charge in [-0.2, -0.15) is 0 Å². The number of rotatable bonds is 8. The van der Waals surface area contributed by atoms with Crippen molar-refractivity contribution in [2.24, 2.45) is 22.7 Å². The first-order valence-corrected chi connectivity index (χ1v) is 10.4. The van der Waals surface area contributed by atoms with Gasteiger partial charge < -0.3 is 14.6 Å². The number of fused-ring (bicyclic) bond motifs is 2. The zero-order valence-electron chi connectivity index (χ0n) is 15.6. The second-order valence-electron chi connectivity index (χ2n) is 8.23. The van der Waals surface area contributed by atoms with Gasteiger partial charge in [-0.05, 0) is 37.0 Å². The van der Waals surface area contributed by atoms with E-state index in [2.05, 4.69) is 26.1 Å². The molecular weight excluding hydrogens is 326 g/mol. The number of nitrogens with one attached hydrogen (secondary N) is 1. The number of ether oxygens (including phenoxy) is 1. The molecule has 2 aliphatic carbocycles. The van der Waals surface area contributed by atoms with E-state index >= 15 is 0 Å². The zero-order chi connectivity index (χ0) is 18.1. The lowest BCUT2D eigenvalue weighted by Gasteiger charge is -2.42. The number of hydrogen-bond acceptors (Lipinski definition) is 3. The summed E-state index contributed by atoms with van der Waals surface area (Å²) < 4.78 is 26.6. The molecule has 0 aromatic carbocycles. The predicted molar refractivity (Wildman–Crippen MR) is 96.0 cm³/mol. The summed E-state index contributed by atoms with van der Waals surface area (Å²) in [7, 11) is 1.65. The van der Waals surface area contributed by atoms with Crippen LogP contribution in [0.3, 0.4) is 0 Å². The van der Waals surface area contributed by atoms with Crippen LogP contribution >= 0.6 is 0 Å². The fourth-order valence-electron chi connectivity index (χ4n) is 5.17. The Kier molecular flexibility index (Phi) is 6.14. The maximum absolute atomic E-state index is 12.8. The summed E-state index contributed by atoms with van der Waals surface area (Å²) in [5.41, 5.74) is -0.295. The monoisotopic (exact) mass is 359 g/mol. The van der Waals surface area contributed by atoms with Gasteiger partial charge in [0, 0.05) is 18.6 Å². The molecule has 2 fully saturated rings. The molecule has 2 aliphatic rings. The summed E-state index contributed by atoms with van der Waals surface area (Å²) in [6.45, 7) is 8.39. The molecule has 6 heteroatoms. The molecule has 1 amide bonds. The molecule has 2 N–H and O–H groups in total. The van der Waals surface area contributed by atoms with E-state index in [1.807, 2.05) is 6.92 Å². The Morgan fingerprint density at radius 3 is 2.62 bits per heavy atom. The van der Waals surface area contributed by atoms with Gasteiger partial charge in [0.1, 0.15) is 0 Å². The third-order valence-electron chi connectivity index (χ3n) is 6.97. The van der Waals surface area contributed by atoms with Crippen molar-refractivity contribution >= 4 is 17.0 Å². The van der Waals surface area contributed by atoms with Crippen molar-refractivity contribution in [2.75, 3.05) is 12.9 Å². The van der Waals surface area contributed by atoms with Crippen LogP contribution in [0.5, 0.6) is 0 Å². The third kappa shape index (κ3) is 3.29. The van der Waals surface area contributed by atoms with E-state index in [9.17, 15) is 13.6 Å². The fraction of sp³-hybridized carbons (Fsp3) is 0.944. The lowest BCUT2D eigenvalue weighted by Crippen LogP contribution is -2.53. The van der Waals surface area contributed by atoms with E-state index in [4.69, 9.17) is 4.74 Å². The van der Waals surface area contributed by atoms with Gasteiger partial charge in [-0.15, -0.1) is 0 Å². The Balaban J connectivity index is 2.14. The van der Waals surface area contributed by atoms with Crippen LogP contribution in [0.2, 0.25) is 0 Å². The summed E-state index contributed by atoms with van der Waals surface area (Å²) in [4.78, 5) is 12.8. The van der Waals surface area contributed by atoms with E-state index in [-0.39, 0.29) is 40.6 Å². The largest absolute Gasteiger partial charge is 0.381 e. The lowest BCUT2D eigenvalue weighted by molar-refractivity contribution is -0.130. The molecule has 6 unspecified atom stereocenters. The normalized spacial score (nSPS) is 34.8. The minimum atomic E-state index is -1.85. The average Bonchev–Trinajstić information content (AvgIpc) is 2.85. The van der Waals surface area contributed by atoms with Gasteiger partial charge in [0.2, 0.25) is 5.91 Å². The van der Waals surface area contributed by atoms with E-state index in [1.165, 1.54) is 0 Å². The smallest absolute Gasteiger partial charge is 0.225 e. The van der Waals surface area contributed by atoms with Crippen molar-refractivity contribution < 1.29 is 18.3 Å². The first kappa shape index (κ1) is 19.9. The highest BCUT2D eigenvalue weighted by Gasteiger charge is 2.64. The summed E-state index contributed by atoms with van der Waals surface area (Å²) >= 11 is -1.85. The summed E-state index contributed by atoms with van der Waals surface area (Å²) in [6.07, 6.45) is 4.66. The second kappa shape index (κ2) is 7.42. The van der Waals surface area contributed by atoms with Crippen LogP contribution in [0.15, 0.2) is 0 Å². The molecule has 0 saturated heterocycles. The molecule has 0 radical (unpaired) electrons. The Morgan fingerprint density at radius 2 is 2.12 bits per heavy atom. The lowest BCUT2D eigenvalue weighted by atomic mass is 9.69. The highest BCUT2D eigenvalue weighted by molar-refractivity contribution is 7.79. The molecule has 0 aromatic heterocycles. The van der Waals surface area contributed by atoms with Crippen LogP contribution in [0.4, 0.5) is 0 Å². The van der Waals surface area contributed by atoms with Crippen LogP contribution in [-0.4, -0.2) is 39.7 Å². The van der Waals surface area contributed by atoms with Gasteiger partial charge >= 0.3 is 0 Å². The minimum Gasteiger partial charge on any atom is -0.381 e. The molecular formula is C18H33NO4S. The minimum absolute atomic E-state index is 0.00625. The summed E-state index contributed by atoms with van der Waals surface area (Å²) in [6, 6.07) is -0.0172. The highest BCUT2D eigenvalue weighted by Crippen LogP contribution is 2.65. The Bertz CT molecular complexity index is 495. The van der Waals surface area contributed by atoms with Crippen molar-refractivity contribution in [3.8, 4) is 0 Å². The molecule has 2 rings (SSSR count). The predicted octanol–water partition coefficient (Wildman–Crippen LogP) is 2.97. The number of hydrogen-bond donors (Lipinski definition) is 2. The first-order valence-electron chi connectivity index (χ1n) is 9.10. The molecule has 140 valence electrons. The van der Waals surface area contributed by atoms with Crippen LogP contribution in [-0.2, 0) is 20.6 Å². The topological polar surface area (TPSA) is 75.6 Å². The number of methoxy groups -OCH3 is 1.